The zero-order valence-corrected chi connectivity index (χ0v) is 13.7. The summed E-state index contributed by atoms with van der Waals surface area (Å²) in [6.07, 6.45) is 9.48. The molecule has 1 heterocycles. The first-order valence-corrected chi connectivity index (χ1v) is 8.14. The first kappa shape index (κ1) is 15.5. The molecular formula is C17H19N5S. The van der Waals surface area contributed by atoms with E-state index in [0.29, 0.717) is 5.70 Å². The lowest BCUT2D eigenvalue weighted by Crippen LogP contribution is -2.43. The van der Waals surface area contributed by atoms with Crippen molar-refractivity contribution in [2.45, 2.75) is 12.1 Å². The van der Waals surface area contributed by atoms with Crippen molar-refractivity contribution in [3.63, 3.8) is 0 Å². The standard InChI is InChI=1S/C17H19N5S/c1-12(20-14-8-4-3-7-13(14)18)11-19-21-17-22(2)15-9-5-6-10-16(15)23-17/h3-11,13-14,20H,1,18H2,2H3/b19-11-,21-17+. The Hall–Kier alpha value is -2.44. The van der Waals surface area contributed by atoms with Crippen molar-refractivity contribution in [3.05, 3.63) is 65.6 Å². The summed E-state index contributed by atoms with van der Waals surface area (Å²) in [4.78, 5) is 0.840. The van der Waals surface area contributed by atoms with Gasteiger partial charge in [0.25, 0.3) is 0 Å². The fraction of sp³-hybridized carbons (Fsp3) is 0.176. The molecule has 2 atom stereocenters. The van der Waals surface area contributed by atoms with E-state index in [2.05, 4.69) is 34.2 Å². The molecule has 2 unspecified atom stereocenters. The largest absolute Gasteiger partial charge is 0.376 e. The van der Waals surface area contributed by atoms with Crippen molar-refractivity contribution in [1.82, 2.24) is 9.88 Å². The maximum Gasteiger partial charge on any atom is 0.211 e. The average molecular weight is 325 g/mol. The molecule has 3 N–H and O–H groups in total. The molecule has 0 amide bonds. The molecule has 0 aliphatic heterocycles. The van der Waals surface area contributed by atoms with Crippen LogP contribution in [0.5, 0.6) is 0 Å². The van der Waals surface area contributed by atoms with E-state index in [9.17, 15) is 0 Å². The van der Waals surface area contributed by atoms with E-state index in [0.717, 1.165) is 10.3 Å². The third-order valence-corrected chi connectivity index (χ3v) is 4.70. The van der Waals surface area contributed by atoms with Crippen molar-refractivity contribution in [2.75, 3.05) is 0 Å². The molecule has 6 heteroatoms. The fourth-order valence-corrected chi connectivity index (χ4v) is 3.32. The SMILES string of the molecule is C=C(/C=N\N=c1\sc2ccccc2n1C)NC1C=CC=CC1N. The van der Waals surface area contributed by atoms with E-state index < -0.39 is 0 Å². The van der Waals surface area contributed by atoms with Crippen molar-refractivity contribution >= 4 is 27.8 Å². The first-order valence-electron chi connectivity index (χ1n) is 7.33. The van der Waals surface area contributed by atoms with Gasteiger partial charge in [0.2, 0.25) is 4.80 Å². The van der Waals surface area contributed by atoms with E-state index in [-0.39, 0.29) is 12.1 Å². The number of nitrogens with zero attached hydrogens (tertiary/aromatic N) is 3. The van der Waals surface area contributed by atoms with Crippen LogP contribution in [-0.2, 0) is 7.05 Å². The molecule has 1 aliphatic rings. The monoisotopic (exact) mass is 325 g/mol. The van der Waals surface area contributed by atoms with Crippen LogP contribution < -0.4 is 15.9 Å². The second kappa shape index (κ2) is 6.76. The van der Waals surface area contributed by atoms with Crippen LogP contribution in [0.2, 0.25) is 0 Å². The van der Waals surface area contributed by atoms with Crippen LogP contribution >= 0.6 is 11.3 Å². The molecule has 0 fully saturated rings. The van der Waals surface area contributed by atoms with E-state index >= 15 is 0 Å². The summed E-state index contributed by atoms with van der Waals surface area (Å²) in [5.41, 5.74) is 7.82. The Labute approximate surface area is 138 Å². The van der Waals surface area contributed by atoms with Gasteiger partial charge in [0, 0.05) is 18.8 Å². The van der Waals surface area contributed by atoms with Gasteiger partial charge in [-0.25, -0.2) is 0 Å². The molecule has 0 spiro atoms. The van der Waals surface area contributed by atoms with Gasteiger partial charge in [0.15, 0.2) is 0 Å². The van der Waals surface area contributed by atoms with Crippen LogP contribution in [0.1, 0.15) is 0 Å². The van der Waals surface area contributed by atoms with Gasteiger partial charge in [-0.05, 0) is 12.1 Å². The zero-order valence-electron chi connectivity index (χ0n) is 12.9. The number of hydrogen-bond acceptors (Lipinski definition) is 5. The first-order chi connectivity index (χ1) is 11.1. The Balaban J connectivity index is 1.72. The number of hydrogen-bond donors (Lipinski definition) is 2. The number of nitrogens with one attached hydrogen (secondary N) is 1. The van der Waals surface area contributed by atoms with Crippen LogP contribution in [0.25, 0.3) is 10.2 Å². The van der Waals surface area contributed by atoms with E-state index in [1.165, 1.54) is 4.70 Å². The fourth-order valence-electron chi connectivity index (χ4n) is 2.35. The van der Waals surface area contributed by atoms with Gasteiger partial charge in [0.05, 0.1) is 22.5 Å². The second-order valence-corrected chi connectivity index (χ2v) is 6.31. The highest BCUT2D eigenvalue weighted by atomic mass is 32.1. The highest BCUT2D eigenvalue weighted by molar-refractivity contribution is 7.16. The topological polar surface area (TPSA) is 67.7 Å². The Morgan fingerprint density at radius 3 is 2.91 bits per heavy atom. The molecule has 0 radical (unpaired) electrons. The lowest BCUT2D eigenvalue weighted by atomic mass is 10.0. The van der Waals surface area contributed by atoms with Crippen LogP contribution in [0.15, 0.2) is 71.0 Å². The van der Waals surface area contributed by atoms with Crippen molar-refractivity contribution in [2.24, 2.45) is 23.0 Å². The molecule has 1 aromatic heterocycles. The molecule has 118 valence electrons. The molecule has 1 aliphatic carbocycles. The van der Waals surface area contributed by atoms with Crippen LogP contribution in [0, 0.1) is 0 Å². The summed E-state index contributed by atoms with van der Waals surface area (Å²) >= 11 is 1.60. The van der Waals surface area contributed by atoms with Gasteiger partial charge in [0.1, 0.15) is 0 Å². The van der Waals surface area contributed by atoms with Crippen LogP contribution in [0.3, 0.4) is 0 Å². The summed E-state index contributed by atoms with van der Waals surface area (Å²) in [6, 6.07) is 8.14. The zero-order chi connectivity index (χ0) is 16.2. The highest BCUT2D eigenvalue weighted by Crippen LogP contribution is 2.15. The number of aryl methyl sites for hydroxylation is 1. The average Bonchev–Trinajstić information content (AvgIpc) is 2.86. The number of thiazole rings is 1. The third-order valence-electron chi connectivity index (χ3n) is 3.60. The smallest absolute Gasteiger partial charge is 0.211 e. The van der Waals surface area contributed by atoms with Gasteiger partial charge in [-0.2, -0.15) is 5.10 Å². The lowest BCUT2D eigenvalue weighted by Gasteiger charge is -2.22. The van der Waals surface area contributed by atoms with Crippen LogP contribution in [0.4, 0.5) is 0 Å². The molecule has 0 bridgehead atoms. The quantitative estimate of drug-likeness (QED) is 0.667. The highest BCUT2D eigenvalue weighted by Gasteiger charge is 2.13. The minimum atomic E-state index is -0.0671. The number of para-hydroxylation sites is 1. The maximum atomic E-state index is 6.00. The molecule has 3 rings (SSSR count). The van der Waals surface area contributed by atoms with Gasteiger partial charge < -0.3 is 15.6 Å². The molecule has 23 heavy (non-hydrogen) atoms. The summed E-state index contributed by atoms with van der Waals surface area (Å²) < 4.78 is 3.21. The normalized spacial score (nSPS) is 21.4. The summed E-state index contributed by atoms with van der Waals surface area (Å²) in [7, 11) is 1.98. The van der Waals surface area contributed by atoms with Crippen LogP contribution in [-0.4, -0.2) is 22.9 Å². The van der Waals surface area contributed by atoms with E-state index in [1.807, 2.05) is 48.1 Å². The number of benzene rings is 1. The number of aromatic nitrogens is 1. The molecule has 0 saturated heterocycles. The number of allylic oxidation sites excluding steroid dienone is 3. The molecule has 5 nitrogen and oxygen atoms in total. The Morgan fingerprint density at radius 1 is 1.35 bits per heavy atom. The minimum Gasteiger partial charge on any atom is -0.376 e. The van der Waals surface area contributed by atoms with Gasteiger partial charge in [-0.1, -0.05) is 54.4 Å². The second-order valence-electron chi connectivity index (χ2n) is 5.30. The summed E-state index contributed by atoms with van der Waals surface area (Å²) in [6.45, 7) is 3.94. The van der Waals surface area contributed by atoms with Crippen molar-refractivity contribution in [1.29, 1.82) is 0 Å². The van der Waals surface area contributed by atoms with E-state index in [1.54, 1.807) is 17.6 Å². The summed E-state index contributed by atoms with van der Waals surface area (Å²) in [5, 5.41) is 11.6. The van der Waals surface area contributed by atoms with Gasteiger partial charge >= 0.3 is 0 Å². The Bertz CT molecular complexity index is 868. The molecular weight excluding hydrogens is 306 g/mol. The Kier molecular flexibility index (Phi) is 4.55. The minimum absolute atomic E-state index is 0.0272. The maximum absolute atomic E-state index is 6.00. The predicted molar refractivity (Wildman–Crippen MR) is 97.2 cm³/mol. The molecule has 2 aromatic rings. The third kappa shape index (κ3) is 3.49. The predicted octanol–water partition coefficient (Wildman–Crippen LogP) is 2.05. The van der Waals surface area contributed by atoms with Crippen molar-refractivity contribution in [3.8, 4) is 0 Å². The summed E-state index contributed by atoms with van der Waals surface area (Å²) in [5.74, 6) is 0. The molecule has 1 aromatic carbocycles. The number of fused-ring (bicyclic) bond motifs is 1. The Morgan fingerprint density at radius 2 is 2.13 bits per heavy atom. The van der Waals surface area contributed by atoms with Gasteiger partial charge in [-0.15, -0.1) is 5.10 Å². The van der Waals surface area contributed by atoms with E-state index in [4.69, 9.17) is 5.73 Å². The molecule has 0 saturated carbocycles. The van der Waals surface area contributed by atoms with Gasteiger partial charge in [-0.3, -0.25) is 0 Å². The van der Waals surface area contributed by atoms with Crippen molar-refractivity contribution < 1.29 is 0 Å². The lowest BCUT2D eigenvalue weighted by molar-refractivity contribution is 0.611. The number of rotatable bonds is 4. The number of nitrogens with two attached hydrogens (primary N) is 1.